The standard InChI is InChI=1S/C14H19NO5S/c1-11-4-6-13(7-5-11)21(18,19)20-12-3-2-8-15(9-12)10-14(16)17/h4-7,12H,2-3,8-10H2,1H3,(H,16,17)/t12-/m0/s1. The molecule has 0 bridgehead atoms. The van der Waals surface area contributed by atoms with E-state index in [-0.39, 0.29) is 11.4 Å². The molecule has 1 fully saturated rings. The third kappa shape index (κ3) is 4.52. The van der Waals surface area contributed by atoms with Crippen LogP contribution >= 0.6 is 0 Å². The number of hydrogen-bond donors (Lipinski definition) is 1. The van der Waals surface area contributed by atoms with Crippen LogP contribution in [0.25, 0.3) is 0 Å². The first-order valence-corrected chi connectivity index (χ1v) is 8.22. The fourth-order valence-electron chi connectivity index (χ4n) is 2.37. The Hall–Kier alpha value is -1.44. The minimum atomic E-state index is -3.80. The van der Waals surface area contributed by atoms with Crippen LogP contribution in [0.2, 0.25) is 0 Å². The molecule has 0 spiro atoms. The number of nitrogens with zero attached hydrogens (tertiary/aromatic N) is 1. The van der Waals surface area contributed by atoms with Crippen LogP contribution < -0.4 is 0 Å². The van der Waals surface area contributed by atoms with E-state index in [1.54, 1.807) is 17.0 Å². The summed E-state index contributed by atoms with van der Waals surface area (Å²) in [5.41, 5.74) is 0.972. The van der Waals surface area contributed by atoms with Crippen molar-refractivity contribution in [3.05, 3.63) is 29.8 Å². The molecule has 116 valence electrons. The van der Waals surface area contributed by atoms with Crippen LogP contribution in [0.15, 0.2) is 29.2 Å². The predicted octanol–water partition coefficient (Wildman–Crippen LogP) is 1.25. The van der Waals surface area contributed by atoms with Gasteiger partial charge in [-0.05, 0) is 38.4 Å². The van der Waals surface area contributed by atoms with E-state index in [0.29, 0.717) is 19.5 Å². The fraction of sp³-hybridized carbons (Fsp3) is 0.500. The van der Waals surface area contributed by atoms with Gasteiger partial charge in [-0.15, -0.1) is 0 Å². The lowest BCUT2D eigenvalue weighted by Crippen LogP contribution is -2.42. The van der Waals surface area contributed by atoms with Crippen molar-refractivity contribution in [3.63, 3.8) is 0 Å². The van der Waals surface area contributed by atoms with E-state index in [1.807, 2.05) is 6.92 Å². The fourth-order valence-corrected chi connectivity index (χ4v) is 3.46. The summed E-state index contributed by atoms with van der Waals surface area (Å²) in [6, 6.07) is 6.46. The SMILES string of the molecule is Cc1ccc(S(=O)(=O)O[C@H]2CCCN(CC(=O)O)C2)cc1. The third-order valence-electron chi connectivity index (χ3n) is 3.39. The second-order valence-corrected chi connectivity index (χ2v) is 6.83. The van der Waals surface area contributed by atoms with Gasteiger partial charge in [0.15, 0.2) is 0 Å². The van der Waals surface area contributed by atoms with Crippen molar-refractivity contribution in [3.8, 4) is 0 Å². The number of aryl methyl sites for hydroxylation is 1. The quantitative estimate of drug-likeness (QED) is 0.824. The van der Waals surface area contributed by atoms with Gasteiger partial charge in [-0.3, -0.25) is 13.9 Å². The molecule has 1 atom stereocenters. The van der Waals surface area contributed by atoms with Gasteiger partial charge >= 0.3 is 5.97 Å². The van der Waals surface area contributed by atoms with Crippen LogP contribution in [-0.2, 0) is 19.1 Å². The number of rotatable bonds is 5. The summed E-state index contributed by atoms with van der Waals surface area (Å²) in [6.45, 7) is 2.75. The molecule has 1 aliphatic rings. The van der Waals surface area contributed by atoms with Gasteiger partial charge in [-0.1, -0.05) is 17.7 Å². The minimum absolute atomic E-state index is 0.0928. The molecule has 7 heteroatoms. The van der Waals surface area contributed by atoms with E-state index in [2.05, 4.69) is 0 Å². The van der Waals surface area contributed by atoms with E-state index < -0.39 is 22.2 Å². The average Bonchev–Trinajstić information content (AvgIpc) is 2.38. The van der Waals surface area contributed by atoms with Crippen LogP contribution in [0.4, 0.5) is 0 Å². The monoisotopic (exact) mass is 313 g/mol. The summed E-state index contributed by atoms with van der Waals surface area (Å²) >= 11 is 0. The molecule has 0 aromatic heterocycles. The Kier molecular flexibility index (Phi) is 4.97. The molecule has 0 radical (unpaired) electrons. The first-order chi connectivity index (χ1) is 9.87. The van der Waals surface area contributed by atoms with Gasteiger partial charge in [-0.2, -0.15) is 8.42 Å². The topological polar surface area (TPSA) is 83.9 Å². The highest BCUT2D eigenvalue weighted by Crippen LogP contribution is 2.20. The summed E-state index contributed by atoms with van der Waals surface area (Å²) < 4.78 is 29.6. The summed E-state index contributed by atoms with van der Waals surface area (Å²) in [7, 11) is -3.80. The second kappa shape index (κ2) is 6.55. The van der Waals surface area contributed by atoms with E-state index in [4.69, 9.17) is 9.29 Å². The highest BCUT2D eigenvalue weighted by molar-refractivity contribution is 7.86. The molecule has 1 N–H and O–H groups in total. The van der Waals surface area contributed by atoms with Crippen molar-refractivity contribution in [2.45, 2.75) is 30.8 Å². The van der Waals surface area contributed by atoms with Gasteiger partial charge in [-0.25, -0.2) is 0 Å². The highest BCUT2D eigenvalue weighted by atomic mass is 32.2. The summed E-state index contributed by atoms with van der Waals surface area (Å²) in [4.78, 5) is 12.5. The molecule has 0 saturated carbocycles. The number of likely N-dealkylation sites (tertiary alicyclic amines) is 1. The van der Waals surface area contributed by atoms with Crippen molar-refractivity contribution < 1.29 is 22.5 Å². The van der Waals surface area contributed by atoms with Crippen molar-refractivity contribution in [2.24, 2.45) is 0 Å². The average molecular weight is 313 g/mol. The van der Waals surface area contributed by atoms with Gasteiger partial charge in [0.2, 0.25) is 0 Å². The molecule has 2 rings (SSSR count). The van der Waals surface area contributed by atoms with E-state index in [0.717, 1.165) is 12.0 Å². The van der Waals surface area contributed by atoms with Gasteiger partial charge < -0.3 is 5.11 Å². The van der Waals surface area contributed by atoms with Crippen molar-refractivity contribution in [2.75, 3.05) is 19.6 Å². The Morgan fingerprint density at radius 2 is 2.05 bits per heavy atom. The first kappa shape index (κ1) is 15.9. The number of carboxylic acids is 1. The maximum atomic E-state index is 12.2. The van der Waals surface area contributed by atoms with Crippen molar-refractivity contribution >= 4 is 16.1 Å². The van der Waals surface area contributed by atoms with Gasteiger partial charge in [0, 0.05) is 6.54 Å². The largest absolute Gasteiger partial charge is 0.480 e. The van der Waals surface area contributed by atoms with Gasteiger partial charge in [0.05, 0.1) is 17.5 Å². The third-order valence-corrected chi connectivity index (χ3v) is 4.77. The van der Waals surface area contributed by atoms with E-state index >= 15 is 0 Å². The molecule has 0 aliphatic carbocycles. The highest BCUT2D eigenvalue weighted by Gasteiger charge is 2.27. The van der Waals surface area contributed by atoms with Crippen LogP contribution in [0.3, 0.4) is 0 Å². The van der Waals surface area contributed by atoms with Crippen LogP contribution in [0, 0.1) is 6.92 Å². The van der Waals surface area contributed by atoms with E-state index in [9.17, 15) is 13.2 Å². The summed E-state index contributed by atoms with van der Waals surface area (Å²) in [6.07, 6.45) is 0.840. The molecular weight excluding hydrogens is 294 g/mol. The number of carbonyl (C=O) groups is 1. The molecular formula is C14H19NO5S. The Labute approximate surface area is 124 Å². The molecule has 0 amide bonds. The number of piperidine rings is 1. The molecule has 1 saturated heterocycles. The zero-order chi connectivity index (χ0) is 15.5. The Bertz CT molecular complexity index is 596. The maximum absolute atomic E-state index is 12.2. The molecule has 1 aromatic rings. The Balaban J connectivity index is 2.02. The van der Waals surface area contributed by atoms with Gasteiger partial charge in [0.1, 0.15) is 0 Å². The molecule has 1 aliphatic heterocycles. The van der Waals surface area contributed by atoms with Crippen LogP contribution in [0.5, 0.6) is 0 Å². The number of aliphatic carboxylic acids is 1. The van der Waals surface area contributed by atoms with Crippen molar-refractivity contribution in [1.82, 2.24) is 4.90 Å². The predicted molar refractivity (Wildman–Crippen MR) is 76.5 cm³/mol. The molecule has 6 nitrogen and oxygen atoms in total. The molecule has 0 unspecified atom stereocenters. The first-order valence-electron chi connectivity index (χ1n) is 6.81. The molecule has 1 heterocycles. The normalized spacial score (nSPS) is 20.3. The maximum Gasteiger partial charge on any atom is 0.317 e. The van der Waals surface area contributed by atoms with Crippen molar-refractivity contribution in [1.29, 1.82) is 0 Å². The zero-order valence-corrected chi connectivity index (χ0v) is 12.7. The number of carboxylic acid groups (broad SMARTS) is 1. The molecule has 1 aromatic carbocycles. The van der Waals surface area contributed by atoms with Crippen LogP contribution in [0.1, 0.15) is 18.4 Å². The van der Waals surface area contributed by atoms with Crippen LogP contribution in [-0.4, -0.2) is 50.1 Å². The lowest BCUT2D eigenvalue weighted by Gasteiger charge is -2.30. The van der Waals surface area contributed by atoms with E-state index in [1.165, 1.54) is 12.1 Å². The minimum Gasteiger partial charge on any atom is -0.480 e. The second-order valence-electron chi connectivity index (χ2n) is 5.26. The lowest BCUT2D eigenvalue weighted by molar-refractivity contribution is -0.138. The molecule has 21 heavy (non-hydrogen) atoms. The lowest BCUT2D eigenvalue weighted by atomic mass is 10.1. The Morgan fingerprint density at radius 1 is 1.38 bits per heavy atom. The van der Waals surface area contributed by atoms with Gasteiger partial charge in [0.25, 0.3) is 10.1 Å². The summed E-state index contributed by atoms with van der Waals surface area (Å²) in [5, 5.41) is 8.79. The number of hydrogen-bond acceptors (Lipinski definition) is 5. The number of benzene rings is 1. The zero-order valence-electron chi connectivity index (χ0n) is 11.9. The Morgan fingerprint density at radius 3 is 2.67 bits per heavy atom. The smallest absolute Gasteiger partial charge is 0.317 e. The summed E-state index contributed by atoms with van der Waals surface area (Å²) in [5.74, 6) is -0.919.